The molecule has 1 saturated heterocycles. The number of carbonyl (C=O) groups excluding carboxylic acids is 1. The molecule has 0 unspecified atom stereocenters. The Labute approximate surface area is 161 Å². The minimum Gasteiger partial charge on any atom is -0.361 e. The number of sulfone groups is 1. The summed E-state index contributed by atoms with van der Waals surface area (Å²) < 4.78 is 30.5. The van der Waals surface area contributed by atoms with Crippen LogP contribution in [-0.4, -0.2) is 63.5 Å². The Bertz CT molecular complexity index is 803. The number of anilines is 1. The van der Waals surface area contributed by atoms with Gasteiger partial charge in [0.1, 0.15) is 13.0 Å². The molecular weight excluding hydrogens is 386 g/mol. The zero-order valence-electron chi connectivity index (χ0n) is 16.3. The average Bonchev–Trinajstić information content (AvgIpc) is 2.58. The lowest BCUT2D eigenvalue weighted by Crippen LogP contribution is -2.44. The lowest BCUT2D eigenvalue weighted by molar-refractivity contribution is -0.107. The van der Waals surface area contributed by atoms with Crippen LogP contribution in [0.1, 0.15) is 12.1 Å². The second kappa shape index (κ2) is 9.11. The van der Waals surface area contributed by atoms with Crippen molar-refractivity contribution < 1.29 is 17.9 Å². The van der Waals surface area contributed by atoms with E-state index in [1.165, 1.54) is 4.57 Å². The van der Waals surface area contributed by atoms with E-state index in [9.17, 15) is 18.0 Å². The summed E-state index contributed by atoms with van der Waals surface area (Å²) >= 11 is 0. The van der Waals surface area contributed by atoms with Crippen molar-refractivity contribution in [2.75, 3.05) is 36.1 Å². The van der Waals surface area contributed by atoms with E-state index in [2.05, 4.69) is 24.6 Å². The summed E-state index contributed by atoms with van der Waals surface area (Å²) in [6.07, 6.45) is 3.19. The van der Waals surface area contributed by atoms with Crippen molar-refractivity contribution in [2.24, 2.45) is 0 Å². The zero-order chi connectivity index (χ0) is 20.1. The summed E-state index contributed by atoms with van der Waals surface area (Å²) in [5.74, 6) is 0.265. The molecule has 0 bridgehead atoms. The average molecular weight is 416 g/mol. The Morgan fingerprint density at radius 1 is 1.26 bits per heavy atom. The third-order valence-corrected chi connectivity index (χ3v) is 7.71. The van der Waals surface area contributed by atoms with Gasteiger partial charge in [0.05, 0.1) is 17.2 Å². The number of rotatable bonds is 9. The van der Waals surface area contributed by atoms with E-state index >= 15 is 0 Å². The van der Waals surface area contributed by atoms with Crippen LogP contribution >= 0.6 is 0 Å². The van der Waals surface area contributed by atoms with Gasteiger partial charge in [0.25, 0.3) is 5.56 Å². The second-order valence-electron chi connectivity index (χ2n) is 8.02. The van der Waals surface area contributed by atoms with E-state index in [0.29, 0.717) is 25.1 Å². The first-order valence-corrected chi connectivity index (χ1v) is 14.7. The molecule has 0 aliphatic carbocycles. The molecule has 2 heterocycles. The Kier molecular flexibility index (Phi) is 7.35. The first-order valence-electron chi connectivity index (χ1n) is 9.18. The number of ether oxygens (including phenoxy) is 1. The van der Waals surface area contributed by atoms with Crippen LogP contribution in [0.3, 0.4) is 0 Å². The Morgan fingerprint density at radius 2 is 1.93 bits per heavy atom. The van der Waals surface area contributed by atoms with Gasteiger partial charge >= 0.3 is 0 Å². The van der Waals surface area contributed by atoms with Crippen molar-refractivity contribution in [1.29, 1.82) is 0 Å². The number of hydrogen-bond donors (Lipinski definition) is 0. The van der Waals surface area contributed by atoms with E-state index in [1.807, 2.05) is 0 Å². The third-order valence-electron chi connectivity index (χ3n) is 4.40. The topological polar surface area (TPSA) is 98.6 Å². The summed E-state index contributed by atoms with van der Waals surface area (Å²) in [6.45, 7) is 7.99. The first kappa shape index (κ1) is 21.8. The van der Waals surface area contributed by atoms with Gasteiger partial charge in [-0.2, -0.15) is 0 Å². The molecule has 1 aliphatic rings. The fourth-order valence-corrected chi connectivity index (χ4v) is 4.63. The maximum Gasteiger partial charge on any atom is 0.295 e. The lowest BCUT2D eigenvalue weighted by atomic mass is 10.2. The minimum absolute atomic E-state index is 0.0133. The van der Waals surface area contributed by atoms with Crippen LogP contribution < -0.4 is 10.5 Å². The summed E-state index contributed by atoms with van der Waals surface area (Å²) in [5, 5.41) is 0. The van der Waals surface area contributed by atoms with Crippen molar-refractivity contribution in [3.05, 3.63) is 22.2 Å². The van der Waals surface area contributed by atoms with Crippen LogP contribution in [-0.2, 0) is 32.5 Å². The number of nitrogens with zero attached hydrogens (tertiary/aromatic N) is 3. The first-order chi connectivity index (χ1) is 12.6. The number of carbonyl (C=O) groups is 1. The van der Waals surface area contributed by atoms with Gasteiger partial charge in [-0.1, -0.05) is 19.6 Å². The van der Waals surface area contributed by atoms with Crippen molar-refractivity contribution >= 4 is 30.0 Å². The molecule has 2 rings (SSSR count). The summed E-state index contributed by atoms with van der Waals surface area (Å²) in [4.78, 5) is 29.6. The molecule has 0 amide bonds. The predicted molar refractivity (Wildman–Crippen MR) is 108 cm³/mol. The largest absolute Gasteiger partial charge is 0.361 e. The Balaban J connectivity index is 2.19. The highest BCUT2D eigenvalue weighted by Gasteiger charge is 2.25. The highest BCUT2D eigenvalue weighted by molar-refractivity contribution is 7.91. The van der Waals surface area contributed by atoms with Crippen molar-refractivity contribution in [1.82, 2.24) is 9.55 Å². The number of aromatic nitrogens is 2. The quantitative estimate of drug-likeness (QED) is 0.336. The molecule has 0 atom stereocenters. The molecule has 152 valence electrons. The van der Waals surface area contributed by atoms with Gasteiger partial charge in [-0.25, -0.2) is 13.4 Å². The maximum atomic E-state index is 12.8. The van der Waals surface area contributed by atoms with E-state index in [1.54, 1.807) is 11.1 Å². The Morgan fingerprint density at radius 3 is 2.52 bits per heavy atom. The van der Waals surface area contributed by atoms with Crippen LogP contribution in [0.25, 0.3) is 0 Å². The van der Waals surface area contributed by atoms with E-state index in [4.69, 9.17) is 4.74 Å². The highest BCUT2D eigenvalue weighted by atomic mass is 32.2. The van der Waals surface area contributed by atoms with E-state index in [0.717, 1.165) is 12.3 Å². The molecule has 0 radical (unpaired) electrons. The van der Waals surface area contributed by atoms with Crippen molar-refractivity contribution in [2.45, 2.75) is 45.3 Å². The standard InChI is InChI=1S/C17H29N3O5SSi/c1-27(2,3)12-9-25-14-20-13-15(5-4-8-21)18-16(17(20)22)19-6-10-26(23,24)11-7-19/h8,13H,4-7,9-12,14H2,1-3H3. The van der Waals surface area contributed by atoms with E-state index < -0.39 is 17.9 Å². The van der Waals surface area contributed by atoms with Gasteiger partial charge in [0.15, 0.2) is 15.7 Å². The zero-order valence-corrected chi connectivity index (χ0v) is 18.1. The number of aldehydes is 1. The van der Waals surface area contributed by atoms with Gasteiger partial charge in [0.2, 0.25) is 0 Å². The van der Waals surface area contributed by atoms with Crippen LogP contribution in [0.15, 0.2) is 11.0 Å². The summed E-state index contributed by atoms with van der Waals surface area (Å²) in [7, 11) is -4.27. The molecule has 10 heteroatoms. The van der Waals surface area contributed by atoms with Gasteiger partial charge < -0.3 is 14.4 Å². The van der Waals surface area contributed by atoms with Crippen molar-refractivity contribution in [3.8, 4) is 0 Å². The molecule has 8 nitrogen and oxygen atoms in total. The van der Waals surface area contributed by atoms with Crippen LogP contribution in [0.5, 0.6) is 0 Å². The molecule has 0 spiro atoms. The van der Waals surface area contributed by atoms with E-state index in [-0.39, 0.29) is 42.7 Å². The van der Waals surface area contributed by atoms with Crippen LogP contribution in [0.4, 0.5) is 5.82 Å². The molecular formula is C17H29N3O5SSi. The molecule has 1 aromatic rings. The summed E-state index contributed by atoms with van der Waals surface area (Å²) in [5.41, 5.74) is 0.330. The molecule has 1 aromatic heterocycles. The fraction of sp³-hybridized carbons (Fsp3) is 0.706. The van der Waals surface area contributed by atoms with Crippen molar-refractivity contribution in [3.63, 3.8) is 0 Å². The molecule has 1 aliphatic heterocycles. The SMILES string of the molecule is C[Si](C)(C)CCOCn1cc(CCC=O)nc(N2CCS(=O)(=O)CC2)c1=O. The molecule has 0 saturated carbocycles. The molecule has 0 aromatic carbocycles. The second-order valence-corrected chi connectivity index (χ2v) is 15.9. The fourth-order valence-electron chi connectivity index (χ4n) is 2.67. The monoisotopic (exact) mass is 415 g/mol. The number of aryl methyl sites for hydroxylation is 1. The third kappa shape index (κ3) is 6.85. The minimum atomic E-state index is -3.05. The van der Waals surface area contributed by atoms with Gasteiger partial charge in [0, 0.05) is 40.4 Å². The smallest absolute Gasteiger partial charge is 0.295 e. The van der Waals surface area contributed by atoms with Gasteiger partial charge in [-0.05, 0) is 12.5 Å². The predicted octanol–water partition coefficient (Wildman–Crippen LogP) is 0.922. The molecule has 1 fully saturated rings. The van der Waals surface area contributed by atoms with Crippen LogP contribution in [0, 0.1) is 0 Å². The summed E-state index contributed by atoms with van der Waals surface area (Å²) in [6, 6.07) is 1.00. The molecule has 27 heavy (non-hydrogen) atoms. The normalized spacial score (nSPS) is 17.1. The molecule has 0 N–H and O–H groups in total. The lowest BCUT2D eigenvalue weighted by Gasteiger charge is -2.27. The highest BCUT2D eigenvalue weighted by Crippen LogP contribution is 2.13. The van der Waals surface area contributed by atoms with Gasteiger partial charge in [-0.15, -0.1) is 0 Å². The maximum absolute atomic E-state index is 12.8. The Hall–Kier alpha value is -1.52. The van der Waals surface area contributed by atoms with Crippen LogP contribution in [0.2, 0.25) is 25.7 Å². The number of hydrogen-bond acceptors (Lipinski definition) is 7. The van der Waals surface area contributed by atoms with Gasteiger partial charge in [-0.3, -0.25) is 9.36 Å².